The van der Waals surface area contributed by atoms with Gasteiger partial charge in [-0.1, -0.05) is 48.4 Å². The molecule has 1 saturated carbocycles. The van der Waals surface area contributed by atoms with E-state index in [-0.39, 0.29) is 0 Å². The first kappa shape index (κ1) is 16.4. The van der Waals surface area contributed by atoms with Crippen LogP contribution in [-0.4, -0.2) is 20.6 Å². The number of hydrogen-bond donors (Lipinski definition) is 1. The lowest BCUT2D eigenvalue weighted by atomic mass is 9.96. The van der Waals surface area contributed by atoms with Gasteiger partial charge in [0, 0.05) is 24.2 Å². The Kier molecular flexibility index (Phi) is 4.90. The zero-order chi connectivity index (χ0) is 17.1. The number of hydrogen-bond acceptors (Lipinski definition) is 6. The molecule has 0 unspecified atom stereocenters. The summed E-state index contributed by atoms with van der Waals surface area (Å²) in [5.74, 6) is 0.725. The molecule has 0 saturated heterocycles. The molecular weight excluding hydrogens is 350 g/mol. The van der Waals surface area contributed by atoms with Crippen LogP contribution in [-0.2, 0) is 5.75 Å². The SMILES string of the molecule is N#Cc1c(CSc2nnc(NC3CCCCC3)s2)cn2ccccc12. The minimum absolute atomic E-state index is 0.543. The maximum absolute atomic E-state index is 9.48. The van der Waals surface area contributed by atoms with Crippen molar-refractivity contribution in [3.05, 3.63) is 41.7 Å². The minimum atomic E-state index is 0.543. The van der Waals surface area contributed by atoms with Crippen LogP contribution in [0.2, 0.25) is 0 Å². The second-order valence-corrected chi connectivity index (χ2v) is 8.48. The van der Waals surface area contributed by atoms with E-state index in [0.29, 0.717) is 6.04 Å². The molecule has 0 amide bonds. The molecule has 1 N–H and O–H groups in total. The number of fused-ring (bicyclic) bond motifs is 1. The van der Waals surface area contributed by atoms with Crippen LogP contribution in [0, 0.1) is 11.3 Å². The smallest absolute Gasteiger partial charge is 0.206 e. The highest BCUT2D eigenvalue weighted by Gasteiger charge is 2.16. The first-order valence-corrected chi connectivity index (χ1v) is 10.4. The van der Waals surface area contributed by atoms with Crippen LogP contribution >= 0.6 is 23.1 Å². The van der Waals surface area contributed by atoms with Crippen LogP contribution in [0.15, 0.2) is 34.9 Å². The molecule has 7 heteroatoms. The third-order valence-corrected chi connectivity index (χ3v) is 6.60. The van der Waals surface area contributed by atoms with E-state index in [1.165, 1.54) is 32.1 Å². The fourth-order valence-electron chi connectivity index (χ4n) is 3.30. The number of aromatic nitrogens is 3. The summed E-state index contributed by atoms with van der Waals surface area (Å²) in [6.45, 7) is 0. The van der Waals surface area contributed by atoms with Gasteiger partial charge in [0.05, 0.1) is 11.1 Å². The minimum Gasteiger partial charge on any atom is -0.357 e. The Hall–Kier alpha value is -2.04. The zero-order valence-electron chi connectivity index (χ0n) is 13.8. The van der Waals surface area contributed by atoms with E-state index < -0.39 is 0 Å². The molecule has 0 aliphatic heterocycles. The number of rotatable bonds is 5. The summed E-state index contributed by atoms with van der Waals surface area (Å²) < 4.78 is 2.95. The second kappa shape index (κ2) is 7.46. The van der Waals surface area contributed by atoms with E-state index in [4.69, 9.17) is 0 Å². The van der Waals surface area contributed by atoms with Crippen molar-refractivity contribution in [3.8, 4) is 6.07 Å². The Balaban J connectivity index is 1.43. The van der Waals surface area contributed by atoms with Crippen molar-refractivity contribution in [2.24, 2.45) is 0 Å². The fraction of sp³-hybridized carbons (Fsp3) is 0.389. The molecule has 1 aliphatic carbocycles. The summed E-state index contributed by atoms with van der Waals surface area (Å²) in [5.41, 5.74) is 2.74. The van der Waals surface area contributed by atoms with Gasteiger partial charge < -0.3 is 9.72 Å². The first-order chi connectivity index (χ1) is 12.3. The lowest BCUT2D eigenvalue weighted by molar-refractivity contribution is 0.462. The molecule has 3 aromatic rings. The van der Waals surface area contributed by atoms with E-state index in [9.17, 15) is 5.26 Å². The van der Waals surface area contributed by atoms with Crippen LogP contribution in [0.5, 0.6) is 0 Å². The van der Waals surface area contributed by atoms with Crippen LogP contribution in [0.3, 0.4) is 0 Å². The molecule has 0 spiro atoms. The van der Waals surface area contributed by atoms with Crippen molar-refractivity contribution < 1.29 is 0 Å². The third kappa shape index (κ3) is 3.65. The number of nitrogens with one attached hydrogen (secondary N) is 1. The van der Waals surface area contributed by atoms with Crippen molar-refractivity contribution in [2.75, 3.05) is 5.32 Å². The van der Waals surface area contributed by atoms with Gasteiger partial charge in [-0.15, -0.1) is 10.2 Å². The van der Waals surface area contributed by atoms with E-state index in [1.54, 1.807) is 23.1 Å². The first-order valence-electron chi connectivity index (χ1n) is 8.55. The molecule has 1 fully saturated rings. The molecule has 3 heterocycles. The summed E-state index contributed by atoms with van der Waals surface area (Å²) in [5, 5.41) is 22.5. The van der Waals surface area contributed by atoms with Gasteiger partial charge in [-0.05, 0) is 30.5 Å². The standard InChI is InChI=1S/C18H19N5S2/c19-10-15-13(11-23-9-5-4-8-16(15)23)12-24-18-22-21-17(25-18)20-14-6-2-1-3-7-14/h4-5,8-9,11,14H,1-3,6-7,12H2,(H,20,21). The molecule has 0 bridgehead atoms. The Morgan fingerprint density at radius 2 is 2.16 bits per heavy atom. The summed E-state index contributed by atoms with van der Waals surface area (Å²) in [4.78, 5) is 0. The molecule has 4 rings (SSSR count). The van der Waals surface area contributed by atoms with Crippen LogP contribution < -0.4 is 5.32 Å². The largest absolute Gasteiger partial charge is 0.357 e. The predicted molar refractivity (Wildman–Crippen MR) is 102 cm³/mol. The zero-order valence-corrected chi connectivity index (χ0v) is 15.4. The Labute approximate surface area is 155 Å². The van der Waals surface area contributed by atoms with Gasteiger partial charge >= 0.3 is 0 Å². The molecule has 0 aromatic carbocycles. The fourth-order valence-corrected chi connectivity index (χ4v) is 5.10. The number of pyridine rings is 1. The van der Waals surface area contributed by atoms with Crippen molar-refractivity contribution in [1.82, 2.24) is 14.6 Å². The predicted octanol–water partition coefficient (Wildman–Crippen LogP) is 4.70. The molecule has 0 atom stereocenters. The highest BCUT2D eigenvalue weighted by molar-refractivity contribution is 8.00. The summed E-state index contributed by atoms with van der Waals surface area (Å²) >= 11 is 3.25. The van der Waals surface area contributed by atoms with Gasteiger partial charge in [0.1, 0.15) is 6.07 Å². The highest BCUT2D eigenvalue weighted by Crippen LogP contribution is 2.31. The van der Waals surface area contributed by atoms with E-state index in [1.807, 2.05) is 35.0 Å². The van der Waals surface area contributed by atoms with E-state index in [0.717, 1.165) is 31.9 Å². The topological polar surface area (TPSA) is 66.0 Å². The third-order valence-electron chi connectivity index (χ3n) is 4.56. The van der Waals surface area contributed by atoms with Crippen molar-refractivity contribution >= 4 is 33.7 Å². The molecule has 25 heavy (non-hydrogen) atoms. The van der Waals surface area contributed by atoms with E-state index in [2.05, 4.69) is 21.6 Å². The van der Waals surface area contributed by atoms with Crippen LogP contribution in [0.1, 0.15) is 43.2 Å². The molecule has 3 aromatic heterocycles. The molecule has 0 radical (unpaired) electrons. The monoisotopic (exact) mass is 369 g/mol. The number of nitriles is 1. The average molecular weight is 370 g/mol. The normalized spacial score (nSPS) is 15.3. The lowest BCUT2D eigenvalue weighted by Gasteiger charge is -2.21. The maximum Gasteiger partial charge on any atom is 0.206 e. The van der Waals surface area contributed by atoms with Crippen LogP contribution in [0.4, 0.5) is 5.13 Å². The van der Waals surface area contributed by atoms with E-state index >= 15 is 0 Å². The number of nitrogens with zero attached hydrogens (tertiary/aromatic N) is 4. The quantitative estimate of drug-likeness (QED) is 0.660. The van der Waals surface area contributed by atoms with Gasteiger partial charge in [-0.2, -0.15) is 5.26 Å². The summed E-state index contributed by atoms with van der Waals surface area (Å²) in [7, 11) is 0. The van der Waals surface area contributed by atoms with Crippen LogP contribution in [0.25, 0.3) is 5.52 Å². The maximum atomic E-state index is 9.48. The van der Waals surface area contributed by atoms with Gasteiger partial charge in [-0.25, -0.2) is 0 Å². The lowest BCUT2D eigenvalue weighted by Crippen LogP contribution is -2.21. The Morgan fingerprint density at radius 1 is 1.28 bits per heavy atom. The van der Waals surface area contributed by atoms with Crippen molar-refractivity contribution in [3.63, 3.8) is 0 Å². The molecule has 1 aliphatic rings. The second-order valence-electron chi connectivity index (χ2n) is 6.28. The molecular formula is C18H19N5S2. The summed E-state index contributed by atoms with van der Waals surface area (Å²) in [6.07, 6.45) is 10.4. The van der Waals surface area contributed by atoms with Gasteiger partial charge in [0.25, 0.3) is 0 Å². The van der Waals surface area contributed by atoms with Gasteiger partial charge in [0.2, 0.25) is 5.13 Å². The Morgan fingerprint density at radius 3 is 3.00 bits per heavy atom. The Bertz CT molecular complexity index is 902. The molecule has 128 valence electrons. The van der Waals surface area contributed by atoms with Crippen molar-refractivity contribution in [2.45, 2.75) is 48.2 Å². The van der Waals surface area contributed by atoms with Gasteiger partial charge in [0.15, 0.2) is 4.34 Å². The average Bonchev–Trinajstić information content (AvgIpc) is 3.24. The molecule has 5 nitrogen and oxygen atoms in total. The van der Waals surface area contributed by atoms with Gasteiger partial charge in [-0.3, -0.25) is 0 Å². The summed E-state index contributed by atoms with van der Waals surface area (Å²) in [6, 6.07) is 8.78. The highest BCUT2D eigenvalue weighted by atomic mass is 32.2. The van der Waals surface area contributed by atoms with Crippen molar-refractivity contribution in [1.29, 1.82) is 5.26 Å². The number of thioether (sulfide) groups is 1. The number of anilines is 1.